The van der Waals surface area contributed by atoms with E-state index in [1.165, 1.54) is 0 Å². The summed E-state index contributed by atoms with van der Waals surface area (Å²) in [5, 5.41) is 22.9. The van der Waals surface area contributed by atoms with Gasteiger partial charge in [0.2, 0.25) is 5.96 Å². The van der Waals surface area contributed by atoms with Gasteiger partial charge in [0.25, 0.3) is 0 Å². The molecular formula is C15H9BrF2N8. The highest BCUT2D eigenvalue weighted by Gasteiger charge is 2.33. The van der Waals surface area contributed by atoms with Crippen LogP contribution in [0.2, 0.25) is 0 Å². The Kier molecular flexibility index (Phi) is 4.32. The van der Waals surface area contributed by atoms with Gasteiger partial charge in [-0.25, -0.2) is 18.8 Å². The maximum Gasteiger partial charge on any atom is 0.211 e. The van der Waals surface area contributed by atoms with Gasteiger partial charge < -0.3 is 16.8 Å². The maximum atomic E-state index is 14.5. The molecule has 1 aromatic carbocycles. The molecule has 0 fully saturated rings. The van der Waals surface area contributed by atoms with E-state index < -0.39 is 23.2 Å². The maximum absolute atomic E-state index is 14.5. The number of aliphatic imine (C=N–C) groups is 1. The van der Waals surface area contributed by atoms with Gasteiger partial charge in [-0.1, -0.05) is 15.9 Å². The third kappa shape index (κ3) is 2.74. The van der Waals surface area contributed by atoms with Crippen molar-refractivity contribution in [3.63, 3.8) is 0 Å². The van der Waals surface area contributed by atoms with E-state index in [0.29, 0.717) is 0 Å². The normalized spacial score (nSPS) is 15.1. The third-order valence-corrected chi connectivity index (χ3v) is 4.13. The molecule has 1 aliphatic rings. The van der Waals surface area contributed by atoms with Crippen LogP contribution in [0.3, 0.4) is 0 Å². The molecule has 26 heavy (non-hydrogen) atoms. The van der Waals surface area contributed by atoms with Crippen molar-refractivity contribution in [3.05, 3.63) is 44.9 Å². The Bertz CT molecular complexity index is 1010. The second-order valence-corrected chi connectivity index (χ2v) is 6.10. The number of aromatic nitrogens is 1. The molecule has 1 unspecified atom stereocenters. The highest BCUT2D eigenvalue weighted by atomic mass is 79.9. The SMILES string of the molecule is N#CNC1=NC(c2c(F)cc(Br)cc2F)c2c(nc(N)c(C#N)c2N)N1. The second-order valence-electron chi connectivity index (χ2n) is 5.18. The van der Waals surface area contributed by atoms with Crippen molar-refractivity contribution in [2.45, 2.75) is 6.04 Å². The van der Waals surface area contributed by atoms with E-state index in [1.54, 1.807) is 6.19 Å². The zero-order valence-electron chi connectivity index (χ0n) is 12.8. The number of fused-ring (bicyclic) bond motifs is 1. The number of guanidine groups is 1. The molecule has 8 nitrogen and oxygen atoms in total. The number of benzene rings is 1. The molecule has 0 aliphatic carbocycles. The number of rotatable bonds is 1. The van der Waals surface area contributed by atoms with Crippen molar-refractivity contribution >= 4 is 39.2 Å². The summed E-state index contributed by atoms with van der Waals surface area (Å²) in [6.45, 7) is 0. The van der Waals surface area contributed by atoms with Crippen LogP contribution in [0.4, 0.5) is 26.1 Å². The average Bonchev–Trinajstić information content (AvgIpc) is 2.54. The lowest BCUT2D eigenvalue weighted by molar-refractivity contribution is 0.542. The van der Waals surface area contributed by atoms with Crippen LogP contribution in [0.1, 0.15) is 22.7 Å². The Morgan fingerprint density at radius 1 is 1.19 bits per heavy atom. The predicted octanol–water partition coefficient (Wildman–Crippen LogP) is 2.10. The Balaban J connectivity index is 2.33. The van der Waals surface area contributed by atoms with Gasteiger partial charge in [0, 0.05) is 10.0 Å². The summed E-state index contributed by atoms with van der Waals surface area (Å²) in [6, 6.07) is 2.66. The van der Waals surface area contributed by atoms with Gasteiger partial charge in [-0.05, 0) is 12.1 Å². The number of nitrogens with one attached hydrogen (secondary N) is 2. The van der Waals surface area contributed by atoms with Crippen molar-refractivity contribution in [2.24, 2.45) is 4.99 Å². The zero-order valence-corrected chi connectivity index (χ0v) is 14.4. The summed E-state index contributed by atoms with van der Waals surface area (Å²) in [5.41, 5.74) is 11.2. The minimum absolute atomic E-state index is 0.0402. The summed E-state index contributed by atoms with van der Waals surface area (Å²) >= 11 is 3.01. The van der Waals surface area contributed by atoms with Crippen molar-refractivity contribution in [1.29, 1.82) is 10.5 Å². The lowest BCUT2D eigenvalue weighted by Crippen LogP contribution is -2.33. The molecule has 3 rings (SSSR count). The van der Waals surface area contributed by atoms with Crippen LogP contribution < -0.4 is 22.1 Å². The van der Waals surface area contributed by atoms with E-state index in [0.717, 1.165) is 12.1 Å². The Morgan fingerprint density at radius 3 is 2.42 bits per heavy atom. The fraction of sp³-hybridized carbons (Fsp3) is 0.0667. The quantitative estimate of drug-likeness (QED) is 0.409. The number of nitrogens with two attached hydrogens (primary N) is 2. The van der Waals surface area contributed by atoms with Crippen LogP contribution in [0.15, 0.2) is 21.6 Å². The number of anilines is 3. The largest absolute Gasteiger partial charge is 0.397 e. The molecule has 0 amide bonds. The third-order valence-electron chi connectivity index (χ3n) is 3.67. The standard InChI is InChI=1S/C15H9BrF2N8/c16-5-1-7(17)9(8(18)2-5)12-10-11(21)6(3-19)13(22)25-14(10)26-15(24-12)23-4-20/h1-2,12H,(H6,21,22,23,24,25,26). The van der Waals surface area contributed by atoms with E-state index in [4.69, 9.17) is 16.7 Å². The molecule has 0 saturated heterocycles. The molecule has 1 aliphatic heterocycles. The topological polar surface area (TPSA) is 149 Å². The number of nitriles is 2. The number of nitrogens with zero attached hydrogens (tertiary/aromatic N) is 4. The highest BCUT2D eigenvalue weighted by Crippen LogP contribution is 2.42. The van der Waals surface area contributed by atoms with Crippen molar-refractivity contribution in [2.75, 3.05) is 16.8 Å². The van der Waals surface area contributed by atoms with E-state index in [1.807, 2.05) is 6.07 Å². The van der Waals surface area contributed by atoms with Gasteiger partial charge in [0.05, 0.1) is 11.3 Å². The molecule has 1 aromatic heterocycles. The Hall–Kier alpha value is -3.44. The zero-order chi connectivity index (χ0) is 19.0. The molecule has 0 spiro atoms. The molecule has 6 N–H and O–H groups in total. The first kappa shape index (κ1) is 17.4. The molecule has 0 bridgehead atoms. The average molecular weight is 419 g/mol. The van der Waals surface area contributed by atoms with Crippen molar-refractivity contribution < 1.29 is 8.78 Å². The van der Waals surface area contributed by atoms with Gasteiger partial charge in [0.15, 0.2) is 6.19 Å². The van der Waals surface area contributed by atoms with E-state index in [-0.39, 0.29) is 38.9 Å². The molecule has 2 aromatic rings. The van der Waals surface area contributed by atoms with E-state index in [2.05, 4.69) is 36.5 Å². The van der Waals surface area contributed by atoms with Gasteiger partial charge in [-0.3, -0.25) is 5.32 Å². The lowest BCUT2D eigenvalue weighted by Gasteiger charge is -2.26. The van der Waals surface area contributed by atoms with Gasteiger partial charge >= 0.3 is 0 Å². The van der Waals surface area contributed by atoms with Crippen LogP contribution in [0, 0.1) is 34.4 Å². The predicted molar refractivity (Wildman–Crippen MR) is 93.5 cm³/mol. The second kappa shape index (κ2) is 6.46. The number of hydrogen-bond donors (Lipinski definition) is 4. The van der Waals surface area contributed by atoms with E-state index in [9.17, 15) is 14.0 Å². The van der Waals surface area contributed by atoms with Gasteiger partial charge in [0.1, 0.15) is 40.9 Å². The minimum atomic E-state index is -1.28. The Morgan fingerprint density at radius 2 is 1.85 bits per heavy atom. The molecule has 1 atom stereocenters. The van der Waals surface area contributed by atoms with Gasteiger partial charge in [-0.15, -0.1) is 0 Å². The van der Waals surface area contributed by atoms with Crippen molar-refractivity contribution in [1.82, 2.24) is 10.3 Å². The molecule has 0 saturated carbocycles. The number of nitrogen functional groups attached to an aromatic ring is 2. The fourth-order valence-electron chi connectivity index (χ4n) is 2.60. The first-order valence-corrected chi connectivity index (χ1v) is 7.80. The van der Waals surface area contributed by atoms with E-state index >= 15 is 0 Å². The van der Waals surface area contributed by atoms with Crippen LogP contribution in [0.5, 0.6) is 0 Å². The Labute approximate surface area is 154 Å². The van der Waals surface area contributed by atoms with Crippen LogP contribution in [0.25, 0.3) is 0 Å². The molecule has 11 heteroatoms. The van der Waals surface area contributed by atoms with Crippen molar-refractivity contribution in [3.8, 4) is 12.3 Å². The summed E-state index contributed by atoms with van der Waals surface area (Å²) in [5.74, 6) is -1.99. The highest BCUT2D eigenvalue weighted by molar-refractivity contribution is 9.10. The number of hydrogen-bond acceptors (Lipinski definition) is 8. The number of pyridine rings is 1. The van der Waals surface area contributed by atoms with Crippen LogP contribution in [-0.2, 0) is 0 Å². The van der Waals surface area contributed by atoms with Crippen LogP contribution in [-0.4, -0.2) is 10.9 Å². The smallest absolute Gasteiger partial charge is 0.211 e. The summed E-state index contributed by atoms with van der Waals surface area (Å²) in [4.78, 5) is 8.12. The molecular weight excluding hydrogens is 410 g/mol. The monoisotopic (exact) mass is 418 g/mol. The summed E-state index contributed by atoms with van der Waals surface area (Å²) in [7, 11) is 0. The fourth-order valence-corrected chi connectivity index (χ4v) is 3.01. The minimum Gasteiger partial charge on any atom is -0.397 e. The molecule has 130 valence electrons. The molecule has 2 heterocycles. The molecule has 0 radical (unpaired) electrons. The first-order valence-electron chi connectivity index (χ1n) is 7.00. The van der Waals surface area contributed by atoms with Gasteiger partial charge in [-0.2, -0.15) is 10.5 Å². The lowest BCUT2D eigenvalue weighted by atomic mass is 9.94. The number of halogens is 3. The first-order chi connectivity index (χ1) is 12.4. The summed E-state index contributed by atoms with van der Waals surface area (Å²) < 4.78 is 29.2. The van der Waals surface area contributed by atoms with Crippen LogP contribution >= 0.6 is 15.9 Å². The summed E-state index contributed by atoms with van der Waals surface area (Å²) in [6.07, 6.45) is 1.65.